The van der Waals surface area contributed by atoms with E-state index in [-0.39, 0.29) is 17.1 Å². The Labute approximate surface area is 115 Å². The van der Waals surface area contributed by atoms with Crippen LogP contribution in [0.2, 0.25) is 0 Å². The molecule has 0 spiro atoms. The van der Waals surface area contributed by atoms with E-state index in [4.69, 9.17) is 8.92 Å². The third-order valence-corrected chi connectivity index (χ3v) is 5.32. The Morgan fingerprint density at radius 2 is 1.94 bits per heavy atom. The van der Waals surface area contributed by atoms with Crippen LogP contribution in [0.3, 0.4) is 0 Å². The minimum Gasteiger partial charge on any atom is -0.375 e. The van der Waals surface area contributed by atoms with Crippen molar-refractivity contribution in [2.75, 3.05) is 6.61 Å². The molecule has 2 fully saturated rings. The first-order valence-corrected chi connectivity index (χ1v) is 8.05. The molecule has 0 amide bonds. The summed E-state index contributed by atoms with van der Waals surface area (Å²) < 4.78 is 35.8. The molecule has 1 aliphatic carbocycles. The van der Waals surface area contributed by atoms with Crippen LogP contribution >= 0.6 is 15.9 Å². The fourth-order valence-corrected chi connectivity index (χ4v) is 3.92. The van der Waals surface area contributed by atoms with Crippen LogP contribution in [0.15, 0.2) is 33.6 Å². The molecule has 1 saturated heterocycles. The van der Waals surface area contributed by atoms with Crippen molar-refractivity contribution in [3.63, 3.8) is 0 Å². The summed E-state index contributed by atoms with van der Waals surface area (Å²) in [6, 6.07) is 6.45. The Morgan fingerprint density at radius 3 is 2.50 bits per heavy atom. The van der Waals surface area contributed by atoms with Crippen LogP contribution < -0.4 is 0 Å². The third kappa shape index (κ3) is 2.34. The first-order chi connectivity index (χ1) is 8.54. The van der Waals surface area contributed by atoms with Gasteiger partial charge in [-0.1, -0.05) is 15.9 Å². The summed E-state index contributed by atoms with van der Waals surface area (Å²) in [6.07, 6.45) is 1.32. The van der Waals surface area contributed by atoms with Crippen molar-refractivity contribution in [2.45, 2.75) is 29.9 Å². The Kier molecular flexibility index (Phi) is 3.21. The van der Waals surface area contributed by atoms with Crippen molar-refractivity contribution in [1.82, 2.24) is 0 Å². The molecule has 1 aromatic rings. The molecule has 98 valence electrons. The molecule has 3 unspecified atom stereocenters. The van der Waals surface area contributed by atoms with Crippen molar-refractivity contribution >= 4 is 26.0 Å². The van der Waals surface area contributed by atoms with Gasteiger partial charge >= 0.3 is 0 Å². The van der Waals surface area contributed by atoms with Crippen molar-refractivity contribution in [3.8, 4) is 0 Å². The number of hydrogen-bond donors (Lipinski definition) is 0. The minimum absolute atomic E-state index is 0.0553. The van der Waals surface area contributed by atoms with E-state index in [1.54, 1.807) is 12.1 Å². The predicted octanol–water partition coefficient (Wildman–Crippen LogP) is 2.33. The molecule has 3 rings (SSSR count). The monoisotopic (exact) mass is 332 g/mol. The van der Waals surface area contributed by atoms with E-state index in [0.29, 0.717) is 5.92 Å². The van der Waals surface area contributed by atoms with Crippen LogP contribution in [0.5, 0.6) is 0 Å². The number of rotatable bonds is 3. The van der Waals surface area contributed by atoms with Gasteiger partial charge in [0.05, 0.1) is 17.6 Å². The second-order valence-corrected chi connectivity index (χ2v) is 7.24. The first kappa shape index (κ1) is 12.6. The van der Waals surface area contributed by atoms with E-state index in [0.717, 1.165) is 23.9 Å². The fourth-order valence-electron chi connectivity index (χ4n) is 2.55. The maximum absolute atomic E-state index is 12.1. The van der Waals surface area contributed by atoms with Crippen LogP contribution in [-0.4, -0.2) is 27.2 Å². The number of fused-ring (bicyclic) bond motifs is 2. The van der Waals surface area contributed by atoms with E-state index in [9.17, 15) is 8.42 Å². The molecule has 0 radical (unpaired) electrons. The van der Waals surface area contributed by atoms with Gasteiger partial charge < -0.3 is 4.74 Å². The normalized spacial score (nSPS) is 30.8. The van der Waals surface area contributed by atoms with Gasteiger partial charge in [-0.15, -0.1) is 0 Å². The summed E-state index contributed by atoms with van der Waals surface area (Å²) in [5.74, 6) is 0.458. The minimum atomic E-state index is -3.68. The zero-order valence-corrected chi connectivity index (χ0v) is 12.0. The van der Waals surface area contributed by atoms with Crippen LogP contribution in [-0.2, 0) is 19.0 Å². The van der Waals surface area contributed by atoms with E-state index in [1.807, 2.05) is 0 Å². The highest BCUT2D eigenvalue weighted by atomic mass is 79.9. The summed E-state index contributed by atoms with van der Waals surface area (Å²) in [5, 5.41) is 0. The van der Waals surface area contributed by atoms with E-state index in [2.05, 4.69) is 15.9 Å². The van der Waals surface area contributed by atoms with Crippen molar-refractivity contribution < 1.29 is 17.3 Å². The molecule has 2 aliphatic rings. The lowest BCUT2D eigenvalue weighted by Gasteiger charge is -2.21. The lowest BCUT2D eigenvalue weighted by molar-refractivity contribution is -0.00798. The van der Waals surface area contributed by atoms with Crippen LogP contribution in [0, 0.1) is 5.92 Å². The van der Waals surface area contributed by atoms with E-state index >= 15 is 0 Å². The van der Waals surface area contributed by atoms with Gasteiger partial charge in [-0.3, -0.25) is 4.18 Å². The van der Waals surface area contributed by atoms with Crippen molar-refractivity contribution in [2.24, 2.45) is 5.92 Å². The van der Waals surface area contributed by atoms with Crippen LogP contribution in [0.1, 0.15) is 12.8 Å². The molecular formula is C12H13BrO4S. The zero-order chi connectivity index (χ0) is 12.8. The van der Waals surface area contributed by atoms with Gasteiger partial charge in [-0.2, -0.15) is 8.42 Å². The average molecular weight is 333 g/mol. The summed E-state index contributed by atoms with van der Waals surface area (Å²) in [6.45, 7) is 0.739. The standard InChI is InChI=1S/C12H13BrO4S/c13-9-1-3-10(4-2-9)18(14,15)17-12-6-8-5-11(12)16-7-8/h1-4,8,11-12H,5-7H2. The van der Waals surface area contributed by atoms with Gasteiger partial charge in [0.15, 0.2) is 0 Å². The highest BCUT2D eigenvalue weighted by molar-refractivity contribution is 9.10. The summed E-state index contributed by atoms with van der Waals surface area (Å²) in [4.78, 5) is 0.188. The topological polar surface area (TPSA) is 52.6 Å². The molecule has 0 N–H and O–H groups in total. The summed E-state index contributed by atoms with van der Waals surface area (Å²) >= 11 is 3.27. The van der Waals surface area contributed by atoms with Gasteiger partial charge in [0.2, 0.25) is 0 Å². The Hall–Kier alpha value is -0.430. The molecule has 6 heteroatoms. The molecule has 1 aliphatic heterocycles. The fraction of sp³-hybridized carbons (Fsp3) is 0.500. The molecule has 2 bridgehead atoms. The molecule has 1 aromatic carbocycles. The molecule has 18 heavy (non-hydrogen) atoms. The lowest BCUT2D eigenvalue weighted by Crippen LogP contribution is -2.30. The maximum atomic E-state index is 12.1. The smallest absolute Gasteiger partial charge is 0.297 e. The van der Waals surface area contributed by atoms with Crippen molar-refractivity contribution in [1.29, 1.82) is 0 Å². The second kappa shape index (κ2) is 4.59. The van der Waals surface area contributed by atoms with Gasteiger partial charge in [0.25, 0.3) is 10.1 Å². The quantitative estimate of drug-likeness (QED) is 0.797. The molecule has 3 atom stereocenters. The van der Waals surface area contributed by atoms with Gasteiger partial charge in [-0.05, 0) is 43.0 Å². The molecular weight excluding hydrogens is 320 g/mol. The zero-order valence-electron chi connectivity index (χ0n) is 9.58. The van der Waals surface area contributed by atoms with E-state index in [1.165, 1.54) is 12.1 Å². The van der Waals surface area contributed by atoms with Crippen LogP contribution in [0.25, 0.3) is 0 Å². The summed E-state index contributed by atoms with van der Waals surface area (Å²) in [5.41, 5.74) is 0. The highest BCUT2D eigenvalue weighted by Crippen LogP contribution is 2.38. The largest absolute Gasteiger partial charge is 0.375 e. The Bertz CT molecular complexity index is 540. The van der Waals surface area contributed by atoms with Gasteiger partial charge in [0, 0.05) is 4.47 Å². The van der Waals surface area contributed by atoms with Crippen molar-refractivity contribution in [3.05, 3.63) is 28.7 Å². The molecule has 1 heterocycles. The predicted molar refractivity (Wildman–Crippen MR) is 68.7 cm³/mol. The van der Waals surface area contributed by atoms with Crippen LogP contribution in [0.4, 0.5) is 0 Å². The second-order valence-electron chi connectivity index (χ2n) is 4.75. The number of ether oxygens (including phenoxy) is 1. The third-order valence-electron chi connectivity index (χ3n) is 3.44. The van der Waals surface area contributed by atoms with Gasteiger partial charge in [0.1, 0.15) is 6.10 Å². The molecule has 4 nitrogen and oxygen atoms in total. The average Bonchev–Trinajstić information content (AvgIpc) is 2.91. The SMILES string of the molecule is O=S(=O)(OC1CC2COC1C2)c1ccc(Br)cc1. The van der Waals surface area contributed by atoms with E-state index < -0.39 is 10.1 Å². The number of halogens is 1. The number of benzene rings is 1. The maximum Gasteiger partial charge on any atom is 0.297 e. The lowest BCUT2D eigenvalue weighted by atomic mass is 10.1. The molecule has 0 aromatic heterocycles. The Balaban J connectivity index is 1.77. The van der Waals surface area contributed by atoms with Gasteiger partial charge in [-0.25, -0.2) is 0 Å². The molecule has 1 saturated carbocycles. The highest BCUT2D eigenvalue weighted by Gasteiger charge is 2.43. The Morgan fingerprint density at radius 1 is 1.22 bits per heavy atom. The first-order valence-electron chi connectivity index (χ1n) is 5.85. The summed E-state index contributed by atoms with van der Waals surface area (Å²) in [7, 11) is -3.68. The number of hydrogen-bond acceptors (Lipinski definition) is 4.